The molecule has 0 unspecified atom stereocenters. The zero-order valence-electron chi connectivity index (χ0n) is 34.5. The number of benzene rings is 9. The Labute approximate surface area is 368 Å². The van der Waals surface area contributed by atoms with Gasteiger partial charge in [0.05, 0.1) is 33.6 Å². The Balaban J connectivity index is 0.953. The molecule has 0 spiro atoms. The van der Waals surface area contributed by atoms with Gasteiger partial charge in [-0.15, -0.1) is 0 Å². The first kappa shape index (κ1) is 36.0. The second kappa shape index (κ2) is 14.5. The Morgan fingerprint density at radius 2 is 0.875 bits per heavy atom. The minimum Gasteiger partial charge on any atom is -0.456 e. The number of hydrogen-bond acceptors (Lipinski definition) is 4. The first-order valence-corrected chi connectivity index (χ1v) is 21.6. The summed E-state index contributed by atoms with van der Waals surface area (Å²) in [5, 5.41) is 8.00. The highest BCUT2D eigenvalue weighted by atomic mass is 16.3. The molecule has 4 heterocycles. The van der Waals surface area contributed by atoms with E-state index in [4.69, 9.17) is 19.4 Å². The molecule has 0 aliphatic heterocycles. The summed E-state index contributed by atoms with van der Waals surface area (Å²) in [5.41, 5.74) is 15.0. The maximum atomic E-state index is 6.61. The van der Waals surface area contributed by atoms with Crippen LogP contribution in [0.25, 0.3) is 127 Å². The highest BCUT2D eigenvalue weighted by molar-refractivity contribution is 6.27. The Morgan fingerprint density at radius 1 is 0.344 bits per heavy atom. The van der Waals surface area contributed by atoms with Crippen LogP contribution in [-0.2, 0) is 0 Å². The van der Waals surface area contributed by atoms with Gasteiger partial charge in [-0.2, -0.15) is 0 Å². The van der Waals surface area contributed by atoms with Crippen molar-refractivity contribution in [1.29, 1.82) is 0 Å². The quantitative estimate of drug-likeness (QED) is 0.157. The molecular formula is C59H36N4O. The fourth-order valence-electron chi connectivity index (χ4n) is 9.67. The molecule has 5 heteroatoms. The standard InChI is InChI=1S/C59H36N4O/c1-3-15-39(16-4-1)55-56-45-21-7-11-23-48(45)60-58(47(56)35-54-57(55)46-22-10-14-26-53(46)64-54)40-29-27-37(28-30-40)49-36-50(62-59(61-49)41-17-5-2-6-18-41)38-31-33-42(34-32-38)63-51-24-12-8-19-43(51)44-20-9-13-25-52(44)63/h1-36H. The first-order chi connectivity index (χ1) is 31.7. The van der Waals surface area contributed by atoms with Gasteiger partial charge in [-0.1, -0.05) is 170 Å². The van der Waals surface area contributed by atoms with Crippen molar-refractivity contribution >= 4 is 65.4 Å². The molecule has 64 heavy (non-hydrogen) atoms. The van der Waals surface area contributed by atoms with Gasteiger partial charge < -0.3 is 8.98 Å². The van der Waals surface area contributed by atoms with E-state index in [-0.39, 0.29) is 0 Å². The number of fused-ring (bicyclic) bond motifs is 9. The first-order valence-electron chi connectivity index (χ1n) is 21.6. The van der Waals surface area contributed by atoms with Gasteiger partial charge >= 0.3 is 0 Å². The highest BCUT2D eigenvalue weighted by Gasteiger charge is 2.22. The van der Waals surface area contributed by atoms with Crippen molar-refractivity contribution in [2.24, 2.45) is 0 Å². The Bertz CT molecular complexity index is 3870. The molecule has 13 aromatic rings. The molecule has 0 saturated carbocycles. The topological polar surface area (TPSA) is 56.7 Å². The maximum Gasteiger partial charge on any atom is 0.160 e. The van der Waals surface area contributed by atoms with Crippen molar-refractivity contribution in [3.8, 4) is 62.0 Å². The van der Waals surface area contributed by atoms with E-state index in [0.29, 0.717) is 5.82 Å². The molecular weight excluding hydrogens is 781 g/mol. The minimum atomic E-state index is 0.675. The summed E-state index contributed by atoms with van der Waals surface area (Å²) >= 11 is 0. The lowest BCUT2D eigenvalue weighted by Crippen LogP contribution is -1.97. The molecule has 0 aliphatic carbocycles. The third-order valence-electron chi connectivity index (χ3n) is 12.6. The summed E-state index contributed by atoms with van der Waals surface area (Å²) in [5.74, 6) is 0.675. The monoisotopic (exact) mass is 816 g/mol. The number of furan rings is 1. The fraction of sp³-hybridized carbons (Fsp3) is 0. The average molecular weight is 817 g/mol. The summed E-state index contributed by atoms with van der Waals surface area (Å²) in [4.78, 5) is 15.7. The van der Waals surface area contributed by atoms with Gasteiger partial charge in [0.15, 0.2) is 5.82 Å². The third-order valence-corrected chi connectivity index (χ3v) is 12.6. The summed E-state index contributed by atoms with van der Waals surface area (Å²) < 4.78 is 8.95. The van der Waals surface area contributed by atoms with E-state index in [9.17, 15) is 0 Å². The molecule has 9 aromatic carbocycles. The van der Waals surface area contributed by atoms with Gasteiger partial charge in [-0.05, 0) is 54.1 Å². The van der Waals surface area contributed by atoms with Crippen molar-refractivity contribution in [3.63, 3.8) is 0 Å². The minimum absolute atomic E-state index is 0.675. The van der Waals surface area contributed by atoms with E-state index in [1.807, 2.05) is 24.3 Å². The molecule has 13 rings (SSSR count). The molecule has 0 fully saturated rings. The van der Waals surface area contributed by atoms with E-state index in [2.05, 4.69) is 199 Å². The Kier molecular flexibility index (Phi) is 8.15. The van der Waals surface area contributed by atoms with Crippen molar-refractivity contribution in [2.45, 2.75) is 0 Å². The Morgan fingerprint density at radius 3 is 1.55 bits per heavy atom. The number of nitrogens with zero attached hydrogens (tertiary/aromatic N) is 4. The summed E-state index contributed by atoms with van der Waals surface area (Å²) in [6.07, 6.45) is 0. The predicted molar refractivity (Wildman–Crippen MR) is 264 cm³/mol. The molecule has 4 aromatic heterocycles. The van der Waals surface area contributed by atoms with Gasteiger partial charge in [0.25, 0.3) is 0 Å². The number of hydrogen-bond donors (Lipinski definition) is 0. The van der Waals surface area contributed by atoms with Crippen molar-refractivity contribution in [1.82, 2.24) is 19.5 Å². The zero-order valence-corrected chi connectivity index (χ0v) is 34.5. The molecule has 0 bridgehead atoms. The van der Waals surface area contributed by atoms with E-state index in [1.165, 1.54) is 21.8 Å². The van der Waals surface area contributed by atoms with Crippen LogP contribution in [0, 0.1) is 0 Å². The van der Waals surface area contributed by atoms with Crippen LogP contribution in [0.15, 0.2) is 223 Å². The fourth-order valence-corrected chi connectivity index (χ4v) is 9.67. The number of rotatable bonds is 6. The summed E-state index contributed by atoms with van der Waals surface area (Å²) in [6, 6.07) is 76.5. The molecule has 0 atom stereocenters. The van der Waals surface area contributed by atoms with Gasteiger partial charge in [0.1, 0.15) is 11.2 Å². The van der Waals surface area contributed by atoms with E-state index < -0.39 is 0 Å². The van der Waals surface area contributed by atoms with Crippen LogP contribution >= 0.6 is 0 Å². The number of aromatic nitrogens is 4. The number of pyridine rings is 1. The number of para-hydroxylation sites is 4. The maximum absolute atomic E-state index is 6.61. The molecule has 0 N–H and O–H groups in total. The van der Waals surface area contributed by atoms with Gasteiger partial charge in [-0.25, -0.2) is 15.0 Å². The molecule has 0 amide bonds. The Hall–Kier alpha value is -8.67. The van der Waals surface area contributed by atoms with E-state index in [0.717, 1.165) is 99.8 Å². The summed E-state index contributed by atoms with van der Waals surface area (Å²) in [7, 11) is 0. The highest BCUT2D eigenvalue weighted by Crippen LogP contribution is 2.46. The van der Waals surface area contributed by atoms with Crippen molar-refractivity contribution < 1.29 is 4.42 Å². The van der Waals surface area contributed by atoms with Crippen molar-refractivity contribution in [2.75, 3.05) is 0 Å². The second-order valence-electron chi connectivity index (χ2n) is 16.3. The molecule has 298 valence electrons. The molecule has 0 saturated heterocycles. The SMILES string of the molecule is c1ccc(-c2nc(-c3ccc(-c4nc5ccccc5c5c(-c6ccccc6)c6c(cc45)oc4ccccc46)cc3)cc(-c3ccc(-n4c5ccccc5c5ccccc54)cc3)n2)cc1. The largest absolute Gasteiger partial charge is 0.456 e. The smallest absolute Gasteiger partial charge is 0.160 e. The molecule has 0 radical (unpaired) electrons. The normalized spacial score (nSPS) is 11.8. The van der Waals surface area contributed by atoms with E-state index in [1.54, 1.807) is 0 Å². The van der Waals surface area contributed by atoms with Crippen molar-refractivity contribution in [3.05, 3.63) is 218 Å². The third kappa shape index (κ3) is 5.75. The average Bonchev–Trinajstić information content (AvgIpc) is 3.91. The van der Waals surface area contributed by atoms with Gasteiger partial charge in [0.2, 0.25) is 0 Å². The second-order valence-corrected chi connectivity index (χ2v) is 16.3. The van der Waals surface area contributed by atoms with Crippen LogP contribution in [0.1, 0.15) is 0 Å². The predicted octanol–water partition coefficient (Wildman–Crippen LogP) is 15.5. The lowest BCUT2D eigenvalue weighted by molar-refractivity contribution is 0.669. The lowest BCUT2D eigenvalue weighted by atomic mass is 9.89. The summed E-state index contributed by atoms with van der Waals surface area (Å²) in [6.45, 7) is 0. The van der Waals surface area contributed by atoms with Crippen LogP contribution in [-0.4, -0.2) is 19.5 Å². The molecule has 5 nitrogen and oxygen atoms in total. The van der Waals surface area contributed by atoms with Gasteiger partial charge in [-0.3, -0.25) is 0 Å². The zero-order chi connectivity index (χ0) is 42.1. The van der Waals surface area contributed by atoms with Crippen LogP contribution in [0.4, 0.5) is 0 Å². The van der Waals surface area contributed by atoms with Crippen LogP contribution in [0.3, 0.4) is 0 Å². The van der Waals surface area contributed by atoms with Crippen LogP contribution in [0.5, 0.6) is 0 Å². The lowest BCUT2D eigenvalue weighted by Gasteiger charge is -2.16. The van der Waals surface area contributed by atoms with E-state index >= 15 is 0 Å². The van der Waals surface area contributed by atoms with Gasteiger partial charge in [0, 0.05) is 71.2 Å². The van der Waals surface area contributed by atoms with Crippen LogP contribution < -0.4 is 0 Å². The molecule has 0 aliphatic rings. The van der Waals surface area contributed by atoms with Crippen LogP contribution in [0.2, 0.25) is 0 Å².